The predicted octanol–water partition coefficient (Wildman–Crippen LogP) is 2.13. The molecule has 14 heavy (non-hydrogen) atoms. The largest absolute Gasteiger partial charge is 0.481 e. The molecule has 0 heterocycles. The van der Waals surface area contributed by atoms with E-state index in [1.807, 2.05) is 5.16 Å². The second-order valence-electron chi connectivity index (χ2n) is 2.60. The third kappa shape index (κ3) is 5.66. The summed E-state index contributed by atoms with van der Waals surface area (Å²) in [4.78, 5) is 13.4. The molecule has 0 bridgehead atoms. The Labute approximate surface area is 83.6 Å². The number of alkyl halides is 3. The molecule has 1 atom stereocenters. The second-order valence-corrected chi connectivity index (χ2v) is 2.78. The molecule has 1 unspecified atom stereocenters. The third-order valence-electron chi connectivity index (χ3n) is 1.54. The molecule has 80 valence electrons. The summed E-state index contributed by atoms with van der Waals surface area (Å²) in [6, 6.07) is 0. The van der Waals surface area contributed by atoms with Crippen LogP contribution in [0.3, 0.4) is 0 Å². The molecule has 1 N–H and O–H groups in total. The lowest BCUT2D eigenvalue weighted by Gasteiger charge is -2.16. The number of rotatable bonds is 5. The van der Waals surface area contributed by atoms with Crippen LogP contribution in [0, 0.1) is 5.92 Å². The van der Waals surface area contributed by atoms with E-state index >= 15 is 0 Å². The maximum absolute atomic E-state index is 12.2. The van der Waals surface area contributed by atoms with Gasteiger partial charge in [-0.15, -0.1) is 0 Å². The molecule has 0 aliphatic heterocycles. The van der Waals surface area contributed by atoms with Gasteiger partial charge < -0.3 is 5.11 Å². The van der Waals surface area contributed by atoms with Crippen LogP contribution < -0.4 is 0 Å². The molecular weight excluding hydrogens is 219 g/mol. The first-order chi connectivity index (χ1) is 6.38. The van der Waals surface area contributed by atoms with Gasteiger partial charge in [-0.05, 0) is 18.6 Å². The molecule has 7 heteroatoms. The monoisotopic (exact) mass is 227 g/mol. The summed E-state index contributed by atoms with van der Waals surface area (Å²) in [7, 11) is 0. The molecule has 0 saturated carbocycles. The topological polar surface area (TPSA) is 49.7 Å². The molecule has 0 amide bonds. The number of carbonyl (C=O) groups is 1. The van der Waals surface area contributed by atoms with Crippen LogP contribution in [0.25, 0.3) is 0 Å². The van der Waals surface area contributed by atoms with Crippen LogP contribution in [0.15, 0.2) is 4.99 Å². The molecule has 0 saturated heterocycles. The van der Waals surface area contributed by atoms with Gasteiger partial charge in [0.2, 0.25) is 0 Å². The van der Waals surface area contributed by atoms with Crippen LogP contribution in [0.5, 0.6) is 0 Å². The number of thiocarbonyl (C=S) groups is 1. The van der Waals surface area contributed by atoms with Crippen LogP contribution in [0.2, 0.25) is 0 Å². The molecule has 0 aromatic carbocycles. The Morgan fingerprint density at radius 2 is 2.14 bits per heavy atom. The minimum atomic E-state index is -4.50. The van der Waals surface area contributed by atoms with Crippen LogP contribution in [-0.2, 0) is 4.79 Å². The smallest absolute Gasteiger partial charge is 0.392 e. The molecule has 0 aromatic heterocycles. The zero-order valence-corrected chi connectivity index (χ0v) is 7.86. The van der Waals surface area contributed by atoms with Crippen molar-refractivity contribution in [3.05, 3.63) is 0 Å². The fraction of sp³-hybridized carbons (Fsp3) is 0.714. The van der Waals surface area contributed by atoms with E-state index in [4.69, 9.17) is 5.11 Å². The first kappa shape index (κ1) is 13.1. The maximum atomic E-state index is 12.2. The van der Waals surface area contributed by atoms with Crippen LogP contribution in [0.4, 0.5) is 13.2 Å². The highest BCUT2D eigenvalue weighted by Gasteiger charge is 2.40. The summed E-state index contributed by atoms with van der Waals surface area (Å²) in [6.07, 6.45) is -5.81. The Morgan fingerprint density at radius 1 is 1.57 bits per heavy atom. The quantitative estimate of drug-likeness (QED) is 0.578. The highest BCUT2D eigenvalue weighted by molar-refractivity contribution is 7.78. The van der Waals surface area contributed by atoms with Crippen molar-refractivity contribution in [3.8, 4) is 0 Å². The van der Waals surface area contributed by atoms with Gasteiger partial charge in [-0.1, -0.05) is 0 Å². The molecule has 0 fully saturated rings. The number of carboxylic acid groups (broad SMARTS) is 1. The minimum Gasteiger partial charge on any atom is -0.481 e. The molecule has 0 aromatic rings. The average Bonchev–Trinajstić information content (AvgIpc) is 2.00. The number of nitrogens with zero attached hydrogens (tertiary/aromatic N) is 1. The predicted molar refractivity (Wildman–Crippen MR) is 46.3 cm³/mol. The molecule has 0 radical (unpaired) electrons. The number of aliphatic carboxylic acids is 1. The molecule has 3 nitrogen and oxygen atoms in total. The lowest BCUT2D eigenvalue weighted by Crippen LogP contribution is -2.26. The Kier molecular flexibility index (Phi) is 5.34. The van der Waals surface area contributed by atoms with E-state index in [1.54, 1.807) is 0 Å². The fourth-order valence-corrected chi connectivity index (χ4v) is 0.950. The van der Waals surface area contributed by atoms with Gasteiger partial charge in [0, 0.05) is 6.54 Å². The summed E-state index contributed by atoms with van der Waals surface area (Å²) in [5.74, 6) is -3.34. The Bertz CT molecular complexity index is 248. The van der Waals surface area contributed by atoms with Gasteiger partial charge in [0.25, 0.3) is 0 Å². The van der Waals surface area contributed by atoms with E-state index in [-0.39, 0.29) is 13.0 Å². The van der Waals surface area contributed by atoms with Crippen molar-refractivity contribution in [3.63, 3.8) is 0 Å². The summed E-state index contributed by atoms with van der Waals surface area (Å²) in [5.41, 5.74) is 0. The van der Waals surface area contributed by atoms with Gasteiger partial charge in [-0.2, -0.15) is 13.2 Å². The van der Waals surface area contributed by atoms with Crippen molar-refractivity contribution >= 4 is 23.3 Å². The lowest BCUT2D eigenvalue weighted by atomic mass is 10.0. The number of aliphatic imine (C=N–C) groups is 1. The van der Waals surface area contributed by atoms with Crippen molar-refractivity contribution in [2.24, 2.45) is 10.9 Å². The SMILES string of the molecule is O=C(O)CC(CCN=C=S)C(F)(F)F. The molecule has 0 rings (SSSR count). The molecule has 0 aliphatic carbocycles. The second kappa shape index (κ2) is 5.72. The van der Waals surface area contributed by atoms with Gasteiger partial charge >= 0.3 is 12.1 Å². The van der Waals surface area contributed by atoms with Crippen LogP contribution in [-0.4, -0.2) is 29.0 Å². The van der Waals surface area contributed by atoms with Crippen molar-refractivity contribution < 1.29 is 23.1 Å². The molecule has 0 aliphatic rings. The first-order valence-electron chi connectivity index (χ1n) is 3.70. The van der Waals surface area contributed by atoms with Gasteiger partial charge in [0.15, 0.2) is 0 Å². The van der Waals surface area contributed by atoms with E-state index in [2.05, 4.69) is 17.2 Å². The van der Waals surface area contributed by atoms with Gasteiger partial charge in [-0.25, -0.2) is 4.99 Å². The van der Waals surface area contributed by atoms with Gasteiger partial charge in [0.05, 0.1) is 17.5 Å². The highest BCUT2D eigenvalue weighted by Crippen LogP contribution is 2.31. The first-order valence-corrected chi connectivity index (χ1v) is 4.11. The Balaban J connectivity index is 4.25. The summed E-state index contributed by atoms with van der Waals surface area (Å²) in [5, 5.41) is 10.2. The maximum Gasteiger partial charge on any atom is 0.392 e. The van der Waals surface area contributed by atoms with Gasteiger partial charge in [-0.3, -0.25) is 4.79 Å². The molecular formula is C7H8F3NO2S. The van der Waals surface area contributed by atoms with Gasteiger partial charge in [0.1, 0.15) is 0 Å². The van der Waals surface area contributed by atoms with Crippen molar-refractivity contribution in [2.45, 2.75) is 19.0 Å². The Morgan fingerprint density at radius 3 is 2.50 bits per heavy atom. The van der Waals surface area contributed by atoms with E-state index in [0.29, 0.717) is 0 Å². The summed E-state index contributed by atoms with van der Waals surface area (Å²) >= 11 is 4.17. The zero-order chi connectivity index (χ0) is 11.2. The number of carboxylic acids is 1. The normalized spacial score (nSPS) is 13.1. The fourth-order valence-electron chi connectivity index (χ4n) is 0.858. The number of hydrogen-bond donors (Lipinski definition) is 1. The van der Waals surface area contributed by atoms with E-state index in [0.717, 1.165) is 0 Å². The van der Waals surface area contributed by atoms with Crippen LogP contribution >= 0.6 is 12.2 Å². The number of hydrogen-bond acceptors (Lipinski definition) is 3. The van der Waals surface area contributed by atoms with E-state index < -0.39 is 24.5 Å². The molecule has 0 spiro atoms. The number of halogens is 3. The van der Waals surface area contributed by atoms with Crippen LogP contribution in [0.1, 0.15) is 12.8 Å². The van der Waals surface area contributed by atoms with Crippen molar-refractivity contribution in [1.82, 2.24) is 0 Å². The summed E-state index contributed by atoms with van der Waals surface area (Å²) in [6.45, 7) is -0.152. The van der Waals surface area contributed by atoms with Crippen molar-refractivity contribution in [2.75, 3.05) is 6.54 Å². The average molecular weight is 227 g/mol. The lowest BCUT2D eigenvalue weighted by molar-refractivity contribution is -0.183. The van der Waals surface area contributed by atoms with Crippen molar-refractivity contribution in [1.29, 1.82) is 0 Å². The minimum absolute atomic E-state index is 0.152. The van der Waals surface area contributed by atoms with E-state index in [1.165, 1.54) is 0 Å². The highest BCUT2D eigenvalue weighted by atomic mass is 32.1. The Hall–Kier alpha value is -0.940. The third-order valence-corrected chi connectivity index (χ3v) is 1.67. The number of isothiocyanates is 1. The standard InChI is InChI=1S/C7H8F3NO2S/c8-7(9,10)5(3-6(12)13)1-2-11-4-14/h5H,1-3H2,(H,12,13). The zero-order valence-electron chi connectivity index (χ0n) is 7.04. The van der Waals surface area contributed by atoms with E-state index in [9.17, 15) is 18.0 Å². The summed E-state index contributed by atoms with van der Waals surface area (Å²) < 4.78 is 36.5.